The van der Waals surface area contributed by atoms with Crippen LogP contribution in [-0.4, -0.2) is 32.9 Å². The Hall–Kier alpha value is -2.52. The van der Waals surface area contributed by atoms with E-state index in [1.54, 1.807) is 24.3 Å². The van der Waals surface area contributed by atoms with Crippen molar-refractivity contribution in [2.45, 2.75) is 20.5 Å². The number of nitrogens with zero attached hydrogens (tertiary/aromatic N) is 3. The highest BCUT2D eigenvalue weighted by atomic mass is 32.1. The van der Waals surface area contributed by atoms with Crippen molar-refractivity contribution in [1.82, 2.24) is 20.3 Å². The fourth-order valence-corrected chi connectivity index (χ4v) is 2.85. The number of thiophene rings is 1. The number of aryl methyl sites for hydroxylation is 2. The van der Waals surface area contributed by atoms with Gasteiger partial charge < -0.3 is 14.6 Å². The van der Waals surface area contributed by atoms with E-state index in [4.69, 9.17) is 9.26 Å². The number of amides is 1. The molecular formula is C14H15N5O3S. The lowest BCUT2D eigenvalue weighted by molar-refractivity contribution is -0.121. The number of rotatable bonds is 6. The maximum atomic E-state index is 11.8. The van der Waals surface area contributed by atoms with Crippen LogP contribution >= 0.6 is 11.3 Å². The molecule has 0 fully saturated rings. The first-order valence-electron chi connectivity index (χ1n) is 6.88. The maximum absolute atomic E-state index is 11.8. The number of H-pyrrole nitrogens is 1. The van der Waals surface area contributed by atoms with Crippen LogP contribution in [0.25, 0.3) is 10.6 Å². The number of carbonyl (C=O) groups is 1. The predicted molar refractivity (Wildman–Crippen MR) is 84.0 cm³/mol. The van der Waals surface area contributed by atoms with Crippen LogP contribution in [0.15, 0.2) is 22.0 Å². The van der Waals surface area contributed by atoms with E-state index >= 15 is 0 Å². The van der Waals surface area contributed by atoms with Crippen molar-refractivity contribution in [1.29, 1.82) is 0 Å². The lowest BCUT2D eigenvalue weighted by Crippen LogP contribution is -2.18. The van der Waals surface area contributed by atoms with E-state index in [2.05, 4.69) is 25.7 Å². The molecule has 120 valence electrons. The zero-order valence-electron chi connectivity index (χ0n) is 12.6. The number of carbonyl (C=O) groups excluding carboxylic acids is 1. The molecule has 3 aromatic rings. The van der Waals surface area contributed by atoms with E-state index in [1.165, 1.54) is 0 Å². The van der Waals surface area contributed by atoms with Crippen molar-refractivity contribution in [3.63, 3.8) is 0 Å². The molecule has 0 saturated carbocycles. The summed E-state index contributed by atoms with van der Waals surface area (Å²) in [4.78, 5) is 16.9. The first kappa shape index (κ1) is 15.4. The highest BCUT2D eigenvalue weighted by Gasteiger charge is 2.11. The predicted octanol–water partition coefficient (Wildman–Crippen LogP) is 2.29. The second kappa shape index (κ2) is 6.71. The van der Waals surface area contributed by atoms with Gasteiger partial charge in [0, 0.05) is 6.07 Å². The minimum atomic E-state index is -0.304. The molecule has 8 nitrogen and oxygen atoms in total. The lowest BCUT2D eigenvalue weighted by atomic mass is 10.2. The van der Waals surface area contributed by atoms with Crippen molar-refractivity contribution >= 4 is 23.1 Å². The standard InChI is InChI=1S/C14H15N5O3S/c1-8-3-4-23-14(8)10-5-11(18-17-10)16-12(20)6-21-7-13-15-9(2)19-22-13/h3-5H,6-7H2,1-2H3,(H2,16,17,18,20). The Morgan fingerprint density at radius 2 is 2.35 bits per heavy atom. The molecule has 0 spiro atoms. The summed E-state index contributed by atoms with van der Waals surface area (Å²) < 4.78 is 10.1. The van der Waals surface area contributed by atoms with Gasteiger partial charge in [0.05, 0.1) is 10.6 Å². The van der Waals surface area contributed by atoms with Crippen molar-refractivity contribution in [2.24, 2.45) is 0 Å². The highest BCUT2D eigenvalue weighted by molar-refractivity contribution is 7.13. The third-order valence-electron chi connectivity index (χ3n) is 2.98. The quantitative estimate of drug-likeness (QED) is 0.717. The largest absolute Gasteiger partial charge is 0.362 e. The van der Waals surface area contributed by atoms with Crippen LogP contribution in [-0.2, 0) is 16.1 Å². The molecule has 3 rings (SSSR count). The van der Waals surface area contributed by atoms with Crippen LogP contribution < -0.4 is 5.32 Å². The van der Waals surface area contributed by atoms with Crippen LogP contribution in [0.1, 0.15) is 17.3 Å². The van der Waals surface area contributed by atoms with Crippen LogP contribution in [0.4, 0.5) is 5.82 Å². The molecule has 0 aliphatic carbocycles. The van der Waals surface area contributed by atoms with Gasteiger partial charge in [-0.1, -0.05) is 5.16 Å². The zero-order chi connectivity index (χ0) is 16.2. The van der Waals surface area contributed by atoms with Crippen LogP contribution in [0.2, 0.25) is 0 Å². The van der Waals surface area contributed by atoms with Crippen molar-refractivity contribution in [3.8, 4) is 10.6 Å². The monoisotopic (exact) mass is 333 g/mol. The number of nitrogens with one attached hydrogen (secondary N) is 2. The van der Waals surface area contributed by atoms with E-state index in [9.17, 15) is 4.79 Å². The minimum absolute atomic E-state index is 0.0917. The van der Waals surface area contributed by atoms with E-state index in [-0.39, 0.29) is 19.1 Å². The number of hydrogen-bond acceptors (Lipinski definition) is 7. The Balaban J connectivity index is 1.50. The van der Waals surface area contributed by atoms with Crippen LogP contribution in [0.5, 0.6) is 0 Å². The van der Waals surface area contributed by atoms with Crippen molar-refractivity contribution < 1.29 is 14.1 Å². The second-order valence-corrected chi connectivity index (χ2v) is 5.79. The van der Waals surface area contributed by atoms with Gasteiger partial charge in [0.25, 0.3) is 11.8 Å². The number of hydrogen-bond donors (Lipinski definition) is 2. The van der Waals surface area contributed by atoms with Gasteiger partial charge in [-0.05, 0) is 30.9 Å². The number of anilines is 1. The van der Waals surface area contributed by atoms with Gasteiger partial charge in [-0.25, -0.2) is 0 Å². The Labute approximate surface area is 135 Å². The number of aromatic amines is 1. The Bertz CT molecular complexity index is 807. The molecule has 0 saturated heterocycles. The molecule has 9 heteroatoms. The smallest absolute Gasteiger partial charge is 0.252 e. The highest BCUT2D eigenvalue weighted by Crippen LogP contribution is 2.28. The van der Waals surface area contributed by atoms with Crippen LogP contribution in [0.3, 0.4) is 0 Å². The molecule has 2 N–H and O–H groups in total. The van der Waals surface area contributed by atoms with Gasteiger partial charge in [-0.3, -0.25) is 9.89 Å². The molecule has 0 aliphatic rings. The molecule has 3 aromatic heterocycles. The van der Waals surface area contributed by atoms with Gasteiger partial charge in [0.15, 0.2) is 11.6 Å². The second-order valence-electron chi connectivity index (χ2n) is 4.88. The Kier molecular flexibility index (Phi) is 4.49. The molecule has 0 radical (unpaired) electrons. The molecule has 1 amide bonds. The number of aromatic nitrogens is 4. The molecule has 0 aromatic carbocycles. The summed E-state index contributed by atoms with van der Waals surface area (Å²) in [5.41, 5.74) is 2.03. The molecule has 0 unspecified atom stereocenters. The van der Waals surface area contributed by atoms with Crippen molar-refractivity contribution in [2.75, 3.05) is 11.9 Å². The third-order valence-corrected chi connectivity index (χ3v) is 4.03. The lowest BCUT2D eigenvalue weighted by Gasteiger charge is -2.01. The SMILES string of the molecule is Cc1noc(COCC(=O)Nc2cc(-c3sccc3C)[nH]n2)n1. The summed E-state index contributed by atoms with van der Waals surface area (Å²) in [5.74, 6) is 1.02. The summed E-state index contributed by atoms with van der Waals surface area (Å²) in [6, 6.07) is 3.82. The minimum Gasteiger partial charge on any atom is -0.362 e. The Morgan fingerprint density at radius 1 is 1.48 bits per heavy atom. The first-order valence-corrected chi connectivity index (χ1v) is 7.76. The van der Waals surface area contributed by atoms with E-state index in [0.717, 1.165) is 16.1 Å². The summed E-state index contributed by atoms with van der Waals surface area (Å²) in [6.45, 7) is 3.71. The zero-order valence-corrected chi connectivity index (χ0v) is 13.4. The normalized spacial score (nSPS) is 10.9. The van der Waals surface area contributed by atoms with Gasteiger partial charge in [0.1, 0.15) is 13.2 Å². The topological polar surface area (TPSA) is 106 Å². The fraction of sp³-hybridized carbons (Fsp3) is 0.286. The van der Waals surface area contributed by atoms with Gasteiger partial charge >= 0.3 is 0 Å². The number of ether oxygens (including phenoxy) is 1. The van der Waals surface area contributed by atoms with Gasteiger partial charge in [-0.2, -0.15) is 10.1 Å². The average molecular weight is 333 g/mol. The molecule has 23 heavy (non-hydrogen) atoms. The van der Waals surface area contributed by atoms with Gasteiger partial charge in [0.2, 0.25) is 0 Å². The summed E-state index contributed by atoms with van der Waals surface area (Å²) in [7, 11) is 0. The Morgan fingerprint density at radius 3 is 3.04 bits per heavy atom. The molecule has 3 heterocycles. The van der Waals surface area contributed by atoms with E-state index in [0.29, 0.717) is 17.5 Å². The molecule has 0 aliphatic heterocycles. The first-order chi connectivity index (χ1) is 11.1. The van der Waals surface area contributed by atoms with Crippen molar-refractivity contribution in [3.05, 3.63) is 34.8 Å². The summed E-state index contributed by atoms with van der Waals surface area (Å²) in [6.07, 6.45) is 0. The molecular weight excluding hydrogens is 318 g/mol. The third kappa shape index (κ3) is 3.82. The maximum Gasteiger partial charge on any atom is 0.252 e. The summed E-state index contributed by atoms with van der Waals surface area (Å²) >= 11 is 1.62. The van der Waals surface area contributed by atoms with Crippen LogP contribution in [0, 0.1) is 13.8 Å². The van der Waals surface area contributed by atoms with E-state index < -0.39 is 0 Å². The fourth-order valence-electron chi connectivity index (χ4n) is 1.96. The van der Waals surface area contributed by atoms with E-state index in [1.807, 2.05) is 18.4 Å². The summed E-state index contributed by atoms with van der Waals surface area (Å²) in [5, 5.41) is 15.3. The average Bonchev–Trinajstić information content (AvgIpc) is 3.21. The van der Waals surface area contributed by atoms with Gasteiger partial charge in [-0.15, -0.1) is 11.3 Å². The molecule has 0 atom stereocenters. The molecule has 0 bridgehead atoms.